The van der Waals surface area contributed by atoms with Crippen LogP contribution in [0.2, 0.25) is 0 Å². The zero-order valence-electron chi connectivity index (χ0n) is 12.6. The smallest absolute Gasteiger partial charge is 0.394 e. The second kappa shape index (κ2) is 10.1. The Balaban J connectivity index is 5.78. The first-order valence-corrected chi connectivity index (χ1v) is 10.9. The number of hydrogen-bond donors (Lipinski definition) is 10. The molecule has 158 valence electrons. The number of aliphatic hydroxyl groups excluding tert-OH is 4. The number of aliphatic hydroxyl groups is 4. The fourth-order valence-corrected chi connectivity index (χ4v) is 3.02. The van der Waals surface area contributed by atoms with Gasteiger partial charge in [0.25, 0.3) is 0 Å². The van der Waals surface area contributed by atoms with Gasteiger partial charge in [-0.3, -0.25) is 13.6 Å². The Bertz CT molecular complexity index is 562. The summed E-state index contributed by atoms with van der Waals surface area (Å²) in [6.45, 7) is -2.62. The Hall–Kier alpha value is 0.170. The van der Waals surface area contributed by atoms with E-state index in [4.69, 9.17) is 34.5 Å². The van der Waals surface area contributed by atoms with Gasteiger partial charge in [0.05, 0.1) is 13.2 Å². The number of phosphoric acid groups is 3. The summed E-state index contributed by atoms with van der Waals surface area (Å²) in [5.41, 5.74) is 0. The van der Waals surface area contributed by atoms with Crippen molar-refractivity contribution >= 4 is 23.5 Å². The first-order valence-electron chi connectivity index (χ1n) is 6.30. The van der Waals surface area contributed by atoms with Crippen LogP contribution in [0.3, 0.4) is 0 Å². The highest BCUT2D eigenvalue weighted by atomic mass is 31.2. The Morgan fingerprint density at radius 3 is 1.54 bits per heavy atom. The van der Waals surface area contributed by atoms with Crippen LogP contribution in [0.5, 0.6) is 0 Å². The van der Waals surface area contributed by atoms with E-state index in [0.717, 1.165) is 0 Å². The minimum Gasteiger partial charge on any atom is -0.394 e. The van der Waals surface area contributed by atoms with Crippen LogP contribution in [0.25, 0.3) is 0 Å². The predicted molar refractivity (Wildman–Crippen MR) is 76.9 cm³/mol. The summed E-state index contributed by atoms with van der Waals surface area (Å²) in [6, 6.07) is 0. The van der Waals surface area contributed by atoms with Gasteiger partial charge in [-0.1, -0.05) is 0 Å². The summed E-state index contributed by atoms with van der Waals surface area (Å²) in [4.78, 5) is 52.5. The quantitative estimate of drug-likeness (QED) is 0.127. The molecule has 0 fully saturated rings. The lowest BCUT2D eigenvalue weighted by Gasteiger charge is -2.33. The van der Waals surface area contributed by atoms with Gasteiger partial charge < -0.3 is 49.8 Å². The van der Waals surface area contributed by atoms with Gasteiger partial charge in [-0.25, -0.2) is 13.7 Å². The van der Waals surface area contributed by atoms with Crippen LogP contribution in [0.15, 0.2) is 0 Å². The van der Waals surface area contributed by atoms with Crippen LogP contribution in [-0.2, 0) is 27.3 Å². The van der Waals surface area contributed by atoms with Crippen molar-refractivity contribution < 1.29 is 77.1 Å². The maximum atomic E-state index is 11.0. The van der Waals surface area contributed by atoms with Gasteiger partial charge in [0.15, 0.2) is 0 Å². The highest BCUT2D eigenvalue weighted by Gasteiger charge is 2.44. The summed E-state index contributed by atoms with van der Waals surface area (Å²) >= 11 is 0. The standard InChI is InChI=1S/C7H19O16P3/c8-1-3(9)5(10)6(11)7(23-26(18,19)20)4(22-25(15,16)17)2-21-24(12,13)14/h3-11H,1-2H2,(H2,12,13,14)(H2,15,16,17)(H2,18,19,20)/t3-,4+,5+,6-,7+/m1/s1. The highest BCUT2D eigenvalue weighted by Crippen LogP contribution is 2.45. The topological polar surface area (TPSA) is 281 Å². The van der Waals surface area contributed by atoms with E-state index < -0.39 is 67.2 Å². The van der Waals surface area contributed by atoms with Crippen LogP contribution in [0.1, 0.15) is 0 Å². The summed E-state index contributed by atoms with van der Waals surface area (Å²) in [5.74, 6) is 0. The normalized spacial score (nSPS) is 19.6. The highest BCUT2D eigenvalue weighted by molar-refractivity contribution is 7.47. The van der Waals surface area contributed by atoms with Crippen molar-refractivity contribution in [3.05, 3.63) is 0 Å². The van der Waals surface area contributed by atoms with E-state index in [-0.39, 0.29) is 0 Å². The van der Waals surface area contributed by atoms with Crippen molar-refractivity contribution in [3.63, 3.8) is 0 Å². The van der Waals surface area contributed by atoms with Gasteiger partial charge in [-0.05, 0) is 0 Å². The number of hydrogen-bond acceptors (Lipinski definition) is 10. The fourth-order valence-electron chi connectivity index (χ4n) is 1.57. The SMILES string of the molecule is O=P(O)(O)OC[C@H](OP(=O)(O)O)[C@H](OP(=O)(O)O)[C@H](O)[C@@H](O)[C@H](O)CO. The van der Waals surface area contributed by atoms with Gasteiger partial charge in [0.1, 0.15) is 30.5 Å². The summed E-state index contributed by atoms with van der Waals surface area (Å²) in [7, 11) is -16.3. The van der Waals surface area contributed by atoms with Gasteiger partial charge in [-0.15, -0.1) is 0 Å². The molecular weight excluding hydrogens is 433 g/mol. The molecule has 10 N–H and O–H groups in total. The third-order valence-electron chi connectivity index (χ3n) is 2.57. The van der Waals surface area contributed by atoms with Crippen molar-refractivity contribution in [2.24, 2.45) is 0 Å². The Morgan fingerprint density at radius 1 is 0.731 bits per heavy atom. The second-order valence-electron chi connectivity index (χ2n) is 4.71. The lowest BCUT2D eigenvalue weighted by atomic mass is 10.00. The average molecular weight is 452 g/mol. The van der Waals surface area contributed by atoms with Crippen molar-refractivity contribution in [1.29, 1.82) is 0 Å². The van der Waals surface area contributed by atoms with E-state index >= 15 is 0 Å². The first-order chi connectivity index (χ1) is 11.5. The Labute approximate surface area is 145 Å². The molecule has 19 heteroatoms. The molecule has 0 radical (unpaired) electrons. The maximum Gasteiger partial charge on any atom is 0.470 e. The molecule has 0 aliphatic carbocycles. The van der Waals surface area contributed by atoms with E-state index in [9.17, 15) is 29.0 Å². The number of phosphoric ester groups is 3. The van der Waals surface area contributed by atoms with Crippen LogP contribution >= 0.6 is 23.5 Å². The van der Waals surface area contributed by atoms with Crippen molar-refractivity contribution in [3.8, 4) is 0 Å². The molecule has 0 amide bonds. The molecule has 5 atom stereocenters. The van der Waals surface area contributed by atoms with E-state index in [1.54, 1.807) is 0 Å². The Morgan fingerprint density at radius 2 is 1.19 bits per heavy atom. The molecule has 0 aromatic heterocycles. The van der Waals surface area contributed by atoms with E-state index in [1.807, 2.05) is 0 Å². The average Bonchev–Trinajstić information content (AvgIpc) is 2.44. The van der Waals surface area contributed by atoms with E-state index in [0.29, 0.717) is 0 Å². The second-order valence-corrected chi connectivity index (χ2v) is 8.34. The monoisotopic (exact) mass is 452 g/mol. The predicted octanol–water partition coefficient (Wildman–Crippen LogP) is -3.87. The molecular formula is C7H19O16P3. The zero-order valence-corrected chi connectivity index (χ0v) is 15.2. The zero-order chi connectivity index (χ0) is 20.9. The minimum absolute atomic E-state index is 1.15. The largest absolute Gasteiger partial charge is 0.470 e. The van der Waals surface area contributed by atoms with Gasteiger partial charge >= 0.3 is 23.5 Å². The number of rotatable bonds is 12. The van der Waals surface area contributed by atoms with Crippen molar-refractivity contribution in [2.45, 2.75) is 30.5 Å². The minimum atomic E-state index is -5.54. The van der Waals surface area contributed by atoms with Crippen LogP contribution in [-0.4, -0.2) is 93.5 Å². The molecule has 0 unspecified atom stereocenters. The van der Waals surface area contributed by atoms with Crippen LogP contribution in [0.4, 0.5) is 0 Å². The molecule has 0 rings (SSSR count). The van der Waals surface area contributed by atoms with E-state index in [2.05, 4.69) is 13.6 Å². The summed E-state index contributed by atoms with van der Waals surface area (Å²) in [5, 5.41) is 37.4. The molecule has 0 bridgehead atoms. The molecule has 26 heavy (non-hydrogen) atoms. The van der Waals surface area contributed by atoms with Gasteiger partial charge in [0.2, 0.25) is 0 Å². The van der Waals surface area contributed by atoms with Crippen molar-refractivity contribution in [1.82, 2.24) is 0 Å². The lowest BCUT2D eigenvalue weighted by Crippen LogP contribution is -2.52. The fraction of sp³-hybridized carbons (Fsp3) is 1.00. The Kier molecular flexibility index (Phi) is 10.2. The first kappa shape index (κ1) is 26.2. The molecule has 0 aromatic carbocycles. The molecule has 0 heterocycles. The third-order valence-corrected chi connectivity index (χ3v) is 4.12. The van der Waals surface area contributed by atoms with Crippen LogP contribution in [0, 0.1) is 0 Å². The lowest BCUT2D eigenvalue weighted by molar-refractivity contribution is -0.139. The summed E-state index contributed by atoms with van der Waals surface area (Å²) in [6.07, 6.45) is -12.1. The van der Waals surface area contributed by atoms with Crippen molar-refractivity contribution in [2.75, 3.05) is 13.2 Å². The van der Waals surface area contributed by atoms with E-state index in [1.165, 1.54) is 0 Å². The molecule has 16 nitrogen and oxygen atoms in total. The molecule has 0 spiro atoms. The molecule has 0 aliphatic rings. The van der Waals surface area contributed by atoms with Gasteiger partial charge in [0, 0.05) is 0 Å². The maximum absolute atomic E-state index is 11.0. The third kappa shape index (κ3) is 11.1. The van der Waals surface area contributed by atoms with Gasteiger partial charge in [-0.2, -0.15) is 0 Å². The summed E-state index contributed by atoms with van der Waals surface area (Å²) < 4.78 is 44.7. The van der Waals surface area contributed by atoms with Crippen LogP contribution < -0.4 is 0 Å². The molecule has 0 aromatic rings. The molecule has 0 saturated carbocycles. The molecule has 0 saturated heterocycles. The molecule has 0 aliphatic heterocycles.